The van der Waals surface area contributed by atoms with Crippen molar-refractivity contribution < 1.29 is 15.0 Å². The summed E-state index contributed by atoms with van der Waals surface area (Å²) in [5, 5.41) is 23.7. The molecule has 0 aliphatic heterocycles. The first-order chi connectivity index (χ1) is 13.6. The largest absolute Gasteiger partial charge is 0.508 e. The number of fused-ring (bicyclic) bond motifs is 1. The van der Waals surface area contributed by atoms with Gasteiger partial charge in [-0.25, -0.2) is 10.4 Å². The average Bonchev–Trinajstić information content (AvgIpc) is 3.14. The topological polar surface area (TPSA) is 94.8 Å². The predicted molar refractivity (Wildman–Crippen MR) is 110 cm³/mol. The molecule has 0 saturated heterocycles. The zero-order valence-corrected chi connectivity index (χ0v) is 15.4. The molecule has 28 heavy (non-hydrogen) atoms. The minimum atomic E-state index is -0.370. The Bertz CT molecular complexity index is 1150. The molecule has 0 aliphatic rings. The van der Waals surface area contributed by atoms with Gasteiger partial charge in [-0.3, -0.25) is 4.79 Å². The summed E-state index contributed by atoms with van der Waals surface area (Å²) in [6.07, 6.45) is 1.31. The van der Waals surface area contributed by atoms with E-state index in [1.54, 1.807) is 23.5 Å². The Labute approximate surface area is 164 Å². The zero-order chi connectivity index (χ0) is 19.5. The molecule has 0 spiro atoms. The van der Waals surface area contributed by atoms with Crippen LogP contribution in [0.5, 0.6) is 11.5 Å². The molecule has 3 aromatic carbocycles. The van der Waals surface area contributed by atoms with Gasteiger partial charge in [0, 0.05) is 22.8 Å². The van der Waals surface area contributed by atoms with Gasteiger partial charge in [-0.05, 0) is 36.4 Å². The zero-order valence-electron chi connectivity index (χ0n) is 14.5. The van der Waals surface area contributed by atoms with E-state index in [0.717, 1.165) is 20.8 Å². The van der Waals surface area contributed by atoms with Gasteiger partial charge in [0.1, 0.15) is 16.5 Å². The molecule has 0 radical (unpaired) electrons. The summed E-state index contributed by atoms with van der Waals surface area (Å²) in [5.41, 5.74) is 5.14. The smallest absolute Gasteiger partial charge is 0.271 e. The maximum atomic E-state index is 12.2. The number of hydrazone groups is 1. The van der Waals surface area contributed by atoms with Crippen molar-refractivity contribution in [3.63, 3.8) is 0 Å². The number of nitrogens with one attached hydrogen (secondary N) is 1. The monoisotopic (exact) mass is 389 g/mol. The highest BCUT2D eigenvalue weighted by Crippen LogP contribution is 2.30. The van der Waals surface area contributed by atoms with Gasteiger partial charge < -0.3 is 10.2 Å². The molecule has 4 aromatic rings. The number of benzene rings is 3. The standard InChI is InChI=1S/C21H15N3O3S/c25-16-10-9-15(18(26)11-16)12-22-24-20(27)13-5-7-14(8-6-13)21-23-17-3-1-2-4-19(17)28-21/h1-12,25-26H,(H,24,27)/b22-12+. The van der Waals surface area contributed by atoms with Crippen LogP contribution in [0.15, 0.2) is 71.8 Å². The Morgan fingerprint density at radius 1 is 1.04 bits per heavy atom. The van der Waals surface area contributed by atoms with Gasteiger partial charge in [-0.2, -0.15) is 5.10 Å². The summed E-state index contributed by atoms with van der Waals surface area (Å²) in [5.74, 6) is -0.546. The second-order valence-electron chi connectivity index (χ2n) is 6.01. The van der Waals surface area contributed by atoms with E-state index < -0.39 is 0 Å². The van der Waals surface area contributed by atoms with Gasteiger partial charge >= 0.3 is 0 Å². The second kappa shape index (κ2) is 7.50. The van der Waals surface area contributed by atoms with Crippen molar-refractivity contribution in [2.24, 2.45) is 5.10 Å². The Balaban J connectivity index is 1.45. The van der Waals surface area contributed by atoms with Crippen LogP contribution in [-0.2, 0) is 0 Å². The van der Waals surface area contributed by atoms with Crippen LogP contribution in [0.2, 0.25) is 0 Å². The Morgan fingerprint density at radius 2 is 1.82 bits per heavy atom. The average molecular weight is 389 g/mol. The fourth-order valence-electron chi connectivity index (χ4n) is 2.63. The maximum Gasteiger partial charge on any atom is 0.271 e. The van der Waals surface area contributed by atoms with Crippen LogP contribution in [-0.4, -0.2) is 27.3 Å². The highest BCUT2D eigenvalue weighted by molar-refractivity contribution is 7.21. The van der Waals surface area contributed by atoms with Crippen molar-refractivity contribution in [2.45, 2.75) is 0 Å². The number of thiazole rings is 1. The second-order valence-corrected chi connectivity index (χ2v) is 7.04. The van der Waals surface area contributed by atoms with Gasteiger partial charge in [0.2, 0.25) is 0 Å². The van der Waals surface area contributed by atoms with E-state index in [0.29, 0.717) is 11.1 Å². The lowest BCUT2D eigenvalue weighted by Gasteiger charge is -2.02. The lowest BCUT2D eigenvalue weighted by Crippen LogP contribution is -2.17. The highest BCUT2D eigenvalue weighted by atomic mass is 32.1. The van der Waals surface area contributed by atoms with Gasteiger partial charge in [-0.1, -0.05) is 24.3 Å². The van der Waals surface area contributed by atoms with Crippen molar-refractivity contribution in [1.29, 1.82) is 0 Å². The Kier molecular flexibility index (Phi) is 4.74. The number of aromatic hydroxyl groups is 2. The third-order valence-electron chi connectivity index (χ3n) is 4.07. The van der Waals surface area contributed by atoms with Crippen molar-refractivity contribution in [2.75, 3.05) is 0 Å². The summed E-state index contributed by atoms with van der Waals surface area (Å²) in [4.78, 5) is 16.8. The molecule has 0 unspecified atom stereocenters. The molecule has 0 fully saturated rings. The number of aromatic nitrogens is 1. The van der Waals surface area contributed by atoms with E-state index in [-0.39, 0.29) is 17.4 Å². The van der Waals surface area contributed by atoms with Crippen LogP contribution in [0, 0.1) is 0 Å². The molecule has 3 N–H and O–H groups in total. The minimum Gasteiger partial charge on any atom is -0.508 e. The van der Waals surface area contributed by atoms with Crippen molar-refractivity contribution in [3.8, 4) is 22.1 Å². The first kappa shape index (κ1) is 17.7. The highest BCUT2D eigenvalue weighted by Gasteiger charge is 2.08. The molecular weight excluding hydrogens is 374 g/mol. The number of amides is 1. The molecule has 0 bridgehead atoms. The molecule has 138 valence electrons. The summed E-state index contributed by atoms with van der Waals surface area (Å²) < 4.78 is 1.12. The van der Waals surface area contributed by atoms with Crippen LogP contribution in [0.25, 0.3) is 20.8 Å². The predicted octanol–water partition coefficient (Wildman–Crippen LogP) is 4.14. The molecule has 1 amide bonds. The fourth-order valence-corrected chi connectivity index (χ4v) is 3.60. The summed E-state index contributed by atoms with van der Waals surface area (Å²) in [6, 6.07) is 19.2. The normalized spacial score (nSPS) is 11.1. The number of rotatable bonds is 4. The summed E-state index contributed by atoms with van der Waals surface area (Å²) in [7, 11) is 0. The molecule has 6 nitrogen and oxygen atoms in total. The Hall–Kier alpha value is -3.71. The quantitative estimate of drug-likeness (QED) is 0.361. The maximum absolute atomic E-state index is 12.2. The molecule has 4 rings (SSSR count). The number of hydrogen-bond donors (Lipinski definition) is 3. The summed E-state index contributed by atoms with van der Waals surface area (Å²) >= 11 is 1.60. The third kappa shape index (κ3) is 3.70. The van der Waals surface area contributed by atoms with E-state index in [1.165, 1.54) is 24.4 Å². The van der Waals surface area contributed by atoms with Gasteiger partial charge in [0.15, 0.2) is 0 Å². The molecule has 0 atom stereocenters. The van der Waals surface area contributed by atoms with E-state index in [9.17, 15) is 15.0 Å². The molecule has 7 heteroatoms. The summed E-state index contributed by atoms with van der Waals surface area (Å²) in [6.45, 7) is 0. The van der Waals surface area contributed by atoms with Crippen LogP contribution >= 0.6 is 11.3 Å². The molecule has 0 aliphatic carbocycles. The number of hydrogen-bond acceptors (Lipinski definition) is 6. The first-order valence-electron chi connectivity index (χ1n) is 8.41. The fraction of sp³-hybridized carbons (Fsp3) is 0. The third-order valence-corrected chi connectivity index (χ3v) is 5.16. The van der Waals surface area contributed by atoms with Crippen LogP contribution in [0.1, 0.15) is 15.9 Å². The lowest BCUT2D eigenvalue weighted by atomic mass is 10.1. The van der Waals surface area contributed by atoms with E-state index in [1.807, 2.05) is 36.4 Å². The van der Waals surface area contributed by atoms with Crippen LogP contribution in [0.4, 0.5) is 0 Å². The molecule has 1 aromatic heterocycles. The van der Waals surface area contributed by atoms with Gasteiger partial charge in [0.05, 0.1) is 16.4 Å². The number of phenols is 2. The SMILES string of the molecule is O=C(N/N=C/c1ccc(O)cc1O)c1ccc(-c2nc3ccccc3s2)cc1. The lowest BCUT2D eigenvalue weighted by molar-refractivity contribution is 0.0955. The van der Waals surface area contributed by atoms with Crippen molar-refractivity contribution in [1.82, 2.24) is 10.4 Å². The number of nitrogens with zero attached hydrogens (tertiary/aromatic N) is 2. The van der Waals surface area contributed by atoms with Gasteiger partial charge in [-0.15, -0.1) is 11.3 Å². The number of para-hydroxylation sites is 1. The number of carbonyl (C=O) groups excluding carboxylic acids is 1. The first-order valence-corrected chi connectivity index (χ1v) is 9.23. The molecule has 0 saturated carbocycles. The number of phenolic OH excluding ortho intramolecular Hbond substituents is 2. The molecule has 1 heterocycles. The molecular formula is C21H15N3O3S. The van der Waals surface area contributed by atoms with E-state index in [4.69, 9.17) is 0 Å². The van der Waals surface area contributed by atoms with E-state index in [2.05, 4.69) is 15.5 Å². The van der Waals surface area contributed by atoms with Gasteiger partial charge in [0.25, 0.3) is 5.91 Å². The number of carbonyl (C=O) groups is 1. The van der Waals surface area contributed by atoms with Crippen molar-refractivity contribution >= 4 is 33.7 Å². The Morgan fingerprint density at radius 3 is 2.57 bits per heavy atom. The minimum absolute atomic E-state index is 0.0492. The van der Waals surface area contributed by atoms with Crippen LogP contribution < -0.4 is 5.43 Å². The van der Waals surface area contributed by atoms with Crippen LogP contribution in [0.3, 0.4) is 0 Å². The van der Waals surface area contributed by atoms with E-state index >= 15 is 0 Å². The van der Waals surface area contributed by atoms with Crippen molar-refractivity contribution in [3.05, 3.63) is 77.9 Å².